The van der Waals surface area contributed by atoms with Gasteiger partial charge in [0, 0.05) is 45.4 Å². The number of piperidine rings is 1. The fourth-order valence-electron chi connectivity index (χ4n) is 3.68. The van der Waals surface area contributed by atoms with E-state index in [0.29, 0.717) is 37.1 Å². The average molecular weight is 334 g/mol. The molecule has 0 aliphatic carbocycles. The molecule has 0 aromatic carbocycles. The van der Waals surface area contributed by atoms with Crippen molar-refractivity contribution in [2.45, 2.75) is 46.0 Å². The van der Waals surface area contributed by atoms with Crippen molar-refractivity contribution < 1.29 is 14.1 Å². The number of aryl methyl sites for hydroxylation is 1. The molecule has 7 nitrogen and oxygen atoms in total. The molecule has 24 heavy (non-hydrogen) atoms. The van der Waals surface area contributed by atoms with Crippen LogP contribution in [0.4, 0.5) is 0 Å². The van der Waals surface area contributed by atoms with E-state index in [0.717, 1.165) is 25.9 Å². The van der Waals surface area contributed by atoms with Gasteiger partial charge in [-0.2, -0.15) is 4.98 Å². The van der Waals surface area contributed by atoms with Gasteiger partial charge in [0.05, 0.1) is 5.92 Å². The van der Waals surface area contributed by atoms with Crippen LogP contribution in [0.25, 0.3) is 0 Å². The van der Waals surface area contributed by atoms with Crippen molar-refractivity contribution in [1.82, 2.24) is 19.9 Å². The molecule has 0 unspecified atom stereocenters. The minimum atomic E-state index is -0.206. The maximum Gasteiger partial charge on any atom is 0.228 e. The Morgan fingerprint density at radius 1 is 1.38 bits per heavy atom. The van der Waals surface area contributed by atoms with Gasteiger partial charge in [-0.05, 0) is 18.8 Å². The molecule has 3 heterocycles. The molecule has 1 aromatic heterocycles. The number of carbonyl (C=O) groups is 2. The summed E-state index contributed by atoms with van der Waals surface area (Å²) in [7, 11) is 0. The summed E-state index contributed by atoms with van der Waals surface area (Å²) in [6.07, 6.45) is 2.24. The Kier molecular flexibility index (Phi) is 4.87. The van der Waals surface area contributed by atoms with E-state index in [1.807, 2.05) is 9.80 Å². The summed E-state index contributed by atoms with van der Waals surface area (Å²) in [4.78, 5) is 33.0. The second-order valence-corrected chi connectivity index (χ2v) is 7.39. The van der Waals surface area contributed by atoms with E-state index in [-0.39, 0.29) is 23.7 Å². The van der Waals surface area contributed by atoms with Crippen LogP contribution in [-0.2, 0) is 9.59 Å². The molecule has 2 aliphatic heterocycles. The molecule has 2 amide bonds. The van der Waals surface area contributed by atoms with E-state index in [2.05, 4.69) is 24.0 Å². The van der Waals surface area contributed by atoms with Crippen LogP contribution in [-0.4, -0.2) is 57.9 Å². The average Bonchev–Trinajstić information content (AvgIpc) is 3.13. The SMILES string of the molecule is Cc1nc([C@@H]2CCCN(C(=O)[C@H]3CC(=O)N(CC(C)C)C3)C2)no1. The summed E-state index contributed by atoms with van der Waals surface area (Å²) in [5.41, 5.74) is 0. The van der Waals surface area contributed by atoms with Gasteiger partial charge < -0.3 is 14.3 Å². The monoisotopic (exact) mass is 334 g/mol. The van der Waals surface area contributed by atoms with Crippen LogP contribution < -0.4 is 0 Å². The molecule has 2 saturated heterocycles. The highest BCUT2D eigenvalue weighted by atomic mass is 16.5. The lowest BCUT2D eigenvalue weighted by Gasteiger charge is -2.33. The Bertz CT molecular complexity index is 613. The van der Waals surface area contributed by atoms with E-state index in [1.165, 1.54) is 0 Å². The molecule has 132 valence electrons. The lowest BCUT2D eigenvalue weighted by molar-refractivity contribution is -0.137. The van der Waals surface area contributed by atoms with Crippen LogP contribution in [0.2, 0.25) is 0 Å². The highest BCUT2D eigenvalue weighted by Gasteiger charge is 2.38. The number of carbonyl (C=O) groups excluding carboxylic acids is 2. The lowest BCUT2D eigenvalue weighted by atomic mass is 9.95. The van der Waals surface area contributed by atoms with Crippen molar-refractivity contribution in [3.63, 3.8) is 0 Å². The summed E-state index contributed by atoms with van der Waals surface area (Å²) in [6.45, 7) is 8.60. The minimum Gasteiger partial charge on any atom is -0.342 e. The second-order valence-electron chi connectivity index (χ2n) is 7.39. The number of aromatic nitrogens is 2. The third-order valence-electron chi connectivity index (χ3n) is 4.79. The first-order valence-corrected chi connectivity index (χ1v) is 8.80. The maximum absolute atomic E-state index is 12.8. The van der Waals surface area contributed by atoms with Gasteiger partial charge in [-0.15, -0.1) is 0 Å². The molecular weight excluding hydrogens is 308 g/mol. The molecule has 2 aliphatic rings. The quantitative estimate of drug-likeness (QED) is 0.835. The number of nitrogens with zero attached hydrogens (tertiary/aromatic N) is 4. The van der Waals surface area contributed by atoms with Crippen LogP contribution in [0.5, 0.6) is 0 Å². The first-order chi connectivity index (χ1) is 11.4. The molecule has 2 fully saturated rings. The van der Waals surface area contributed by atoms with Gasteiger partial charge in [0.25, 0.3) is 0 Å². The number of amides is 2. The Balaban J connectivity index is 1.61. The third-order valence-corrected chi connectivity index (χ3v) is 4.79. The topological polar surface area (TPSA) is 79.5 Å². The largest absolute Gasteiger partial charge is 0.342 e. The zero-order chi connectivity index (χ0) is 17.3. The standard InChI is InChI=1S/C17H26N4O3/c1-11(2)8-21-10-14(7-15(21)22)17(23)20-6-4-5-13(9-20)16-18-12(3)24-19-16/h11,13-14H,4-10H2,1-3H3/t13-,14+/m1/s1. The van der Waals surface area contributed by atoms with Crippen LogP contribution >= 0.6 is 0 Å². The molecule has 3 rings (SSSR count). The van der Waals surface area contributed by atoms with Gasteiger partial charge in [-0.25, -0.2) is 0 Å². The van der Waals surface area contributed by atoms with E-state index < -0.39 is 0 Å². The van der Waals surface area contributed by atoms with Crippen molar-refractivity contribution in [3.05, 3.63) is 11.7 Å². The predicted octanol–water partition coefficient (Wildman–Crippen LogP) is 1.59. The van der Waals surface area contributed by atoms with E-state index >= 15 is 0 Å². The van der Waals surface area contributed by atoms with Crippen LogP contribution in [0.1, 0.15) is 50.7 Å². The van der Waals surface area contributed by atoms with E-state index in [4.69, 9.17) is 4.52 Å². The van der Waals surface area contributed by atoms with Crippen molar-refractivity contribution in [3.8, 4) is 0 Å². The fourth-order valence-corrected chi connectivity index (χ4v) is 3.68. The molecule has 0 bridgehead atoms. The fraction of sp³-hybridized carbons (Fsp3) is 0.765. The minimum absolute atomic E-state index is 0.0968. The van der Waals surface area contributed by atoms with Crippen molar-refractivity contribution in [2.75, 3.05) is 26.2 Å². The summed E-state index contributed by atoms with van der Waals surface area (Å²) in [5, 5.41) is 4.00. The maximum atomic E-state index is 12.8. The molecular formula is C17H26N4O3. The number of likely N-dealkylation sites (tertiary alicyclic amines) is 2. The third kappa shape index (κ3) is 3.60. The molecule has 7 heteroatoms. The van der Waals surface area contributed by atoms with Crippen molar-refractivity contribution in [1.29, 1.82) is 0 Å². The summed E-state index contributed by atoms with van der Waals surface area (Å²) >= 11 is 0. The highest BCUT2D eigenvalue weighted by molar-refractivity contribution is 5.89. The molecule has 2 atom stereocenters. The predicted molar refractivity (Wildman–Crippen MR) is 87.1 cm³/mol. The second kappa shape index (κ2) is 6.91. The van der Waals surface area contributed by atoms with Crippen molar-refractivity contribution >= 4 is 11.8 Å². The normalized spacial score (nSPS) is 24.9. The Morgan fingerprint density at radius 3 is 2.83 bits per heavy atom. The summed E-state index contributed by atoms with van der Waals surface area (Å²) in [6, 6.07) is 0. The Hall–Kier alpha value is -1.92. The zero-order valence-corrected chi connectivity index (χ0v) is 14.7. The summed E-state index contributed by atoms with van der Waals surface area (Å²) in [5.74, 6) is 1.78. The number of hydrogen-bond acceptors (Lipinski definition) is 5. The smallest absolute Gasteiger partial charge is 0.228 e. The van der Waals surface area contributed by atoms with Crippen molar-refractivity contribution in [2.24, 2.45) is 11.8 Å². The molecule has 1 aromatic rings. The zero-order valence-electron chi connectivity index (χ0n) is 14.7. The van der Waals surface area contributed by atoms with E-state index in [9.17, 15) is 9.59 Å². The van der Waals surface area contributed by atoms with E-state index in [1.54, 1.807) is 6.92 Å². The summed E-state index contributed by atoms with van der Waals surface area (Å²) < 4.78 is 5.06. The van der Waals surface area contributed by atoms with Gasteiger partial charge in [0.2, 0.25) is 17.7 Å². The molecule has 0 spiro atoms. The first-order valence-electron chi connectivity index (χ1n) is 8.80. The van der Waals surface area contributed by atoms with Gasteiger partial charge in [0.1, 0.15) is 0 Å². The number of rotatable bonds is 4. The first kappa shape index (κ1) is 16.9. The van der Waals surface area contributed by atoms with Gasteiger partial charge >= 0.3 is 0 Å². The number of hydrogen-bond donors (Lipinski definition) is 0. The Labute approximate surface area is 142 Å². The molecule has 0 radical (unpaired) electrons. The van der Waals surface area contributed by atoms with Gasteiger partial charge in [-0.3, -0.25) is 9.59 Å². The lowest BCUT2D eigenvalue weighted by Crippen LogP contribution is -2.43. The highest BCUT2D eigenvalue weighted by Crippen LogP contribution is 2.28. The van der Waals surface area contributed by atoms with Crippen LogP contribution in [0.15, 0.2) is 4.52 Å². The Morgan fingerprint density at radius 2 is 2.17 bits per heavy atom. The molecule has 0 saturated carbocycles. The van der Waals surface area contributed by atoms with Gasteiger partial charge in [0.15, 0.2) is 5.82 Å². The van der Waals surface area contributed by atoms with Crippen LogP contribution in [0, 0.1) is 18.8 Å². The van der Waals surface area contributed by atoms with Gasteiger partial charge in [-0.1, -0.05) is 19.0 Å². The van der Waals surface area contributed by atoms with Crippen LogP contribution in [0.3, 0.4) is 0 Å². The molecule has 0 N–H and O–H groups in total.